The molecule has 0 saturated heterocycles. The van der Waals surface area contributed by atoms with E-state index in [4.69, 9.17) is 4.74 Å². The fourth-order valence-electron chi connectivity index (χ4n) is 1.56. The van der Waals surface area contributed by atoms with Crippen molar-refractivity contribution in [2.24, 2.45) is 0 Å². The van der Waals surface area contributed by atoms with Crippen LogP contribution < -0.4 is 5.32 Å². The molecule has 2 aromatic rings. The lowest BCUT2D eigenvalue weighted by atomic mass is 10.3. The summed E-state index contributed by atoms with van der Waals surface area (Å²) in [4.78, 5) is 25.0. The molecule has 1 heterocycles. The third-order valence-corrected chi connectivity index (χ3v) is 4.89. The minimum atomic E-state index is -0.501. The van der Waals surface area contributed by atoms with E-state index in [9.17, 15) is 9.59 Å². The fourth-order valence-corrected chi connectivity index (χ4v) is 3.39. The number of para-hydroxylation sites is 1. The molecular formula is C14H12BrNO3S2. The molecule has 4 nitrogen and oxygen atoms in total. The van der Waals surface area contributed by atoms with E-state index in [1.165, 1.54) is 23.1 Å². The highest BCUT2D eigenvalue weighted by atomic mass is 79.9. The molecule has 0 bridgehead atoms. The van der Waals surface area contributed by atoms with Gasteiger partial charge in [0.2, 0.25) is 0 Å². The first kappa shape index (κ1) is 16.1. The summed E-state index contributed by atoms with van der Waals surface area (Å²) in [6, 6.07) is 10.9. The monoisotopic (exact) mass is 385 g/mol. The zero-order valence-electron chi connectivity index (χ0n) is 11.1. The minimum absolute atomic E-state index is 0.308. The Morgan fingerprint density at radius 1 is 1.29 bits per heavy atom. The van der Waals surface area contributed by atoms with Crippen LogP contribution in [0.4, 0.5) is 5.69 Å². The molecule has 21 heavy (non-hydrogen) atoms. The van der Waals surface area contributed by atoms with Gasteiger partial charge in [-0.25, -0.2) is 4.79 Å². The third-order valence-electron chi connectivity index (χ3n) is 2.49. The molecule has 0 aliphatic rings. The lowest BCUT2D eigenvalue weighted by Gasteiger charge is -2.09. The number of anilines is 1. The van der Waals surface area contributed by atoms with E-state index >= 15 is 0 Å². The number of halogens is 1. The quantitative estimate of drug-likeness (QED) is 0.623. The SMILES string of the molecule is CSc1ccccc1NC(=O)COC(=O)c1ccc(Br)s1. The number of thioether (sulfide) groups is 1. The van der Waals surface area contributed by atoms with Crippen molar-refractivity contribution in [2.45, 2.75) is 4.90 Å². The van der Waals surface area contributed by atoms with E-state index in [-0.39, 0.29) is 12.5 Å². The lowest BCUT2D eigenvalue weighted by molar-refractivity contribution is -0.119. The number of benzene rings is 1. The van der Waals surface area contributed by atoms with Crippen molar-refractivity contribution in [3.05, 3.63) is 45.1 Å². The number of hydrogen-bond acceptors (Lipinski definition) is 5. The maximum atomic E-state index is 11.8. The molecule has 1 aromatic heterocycles. The summed E-state index contributed by atoms with van der Waals surface area (Å²) in [5, 5.41) is 2.73. The second-order valence-electron chi connectivity index (χ2n) is 3.93. The highest BCUT2D eigenvalue weighted by Gasteiger charge is 2.13. The predicted octanol–water partition coefficient (Wildman–Crippen LogP) is 4.03. The number of hydrogen-bond donors (Lipinski definition) is 1. The van der Waals surface area contributed by atoms with Crippen molar-refractivity contribution >= 4 is 56.6 Å². The number of rotatable bonds is 5. The average Bonchev–Trinajstić information content (AvgIpc) is 2.92. The number of carbonyl (C=O) groups excluding carboxylic acids is 2. The van der Waals surface area contributed by atoms with Crippen molar-refractivity contribution in [2.75, 3.05) is 18.2 Å². The second kappa shape index (κ2) is 7.63. The van der Waals surface area contributed by atoms with Gasteiger partial charge in [0.05, 0.1) is 9.47 Å². The molecule has 0 aliphatic heterocycles. The number of thiophene rings is 1. The summed E-state index contributed by atoms with van der Waals surface area (Å²) in [6.07, 6.45) is 1.93. The molecule has 0 fully saturated rings. The maximum absolute atomic E-state index is 11.8. The van der Waals surface area contributed by atoms with E-state index in [0.717, 1.165) is 8.68 Å². The molecule has 110 valence electrons. The standard InChI is InChI=1S/C14H12BrNO3S2/c1-20-10-5-3-2-4-9(10)16-13(17)8-19-14(18)11-6-7-12(15)21-11/h2-7H,8H2,1H3,(H,16,17). The normalized spacial score (nSPS) is 10.2. The van der Waals surface area contributed by atoms with Gasteiger partial charge in [-0.1, -0.05) is 12.1 Å². The summed E-state index contributed by atoms with van der Waals surface area (Å²) in [5.41, 5.74) is 0.713. The van der Waals surface area contributed by atoms with Gasteiger partial charge in [0, 0.05) is 4.90 Å². The highest BCUT2D eigenvalue weighted by Crippen LogP contribution is 2.25. The van der Waals surface area contributed by atoms with Crippen LogP contribution in [0, 0.1) is 0 Å². The molecule has 0 atom stereocenters. The largest absolute Gasteiger partial charge is 0.451 e. The van der Waals surface area contributed by atoms with Gasteiger partial charge in [-0.3, -0.25) is 4.79 Å². The van der Waals surface area contributed by atoms with Crippen molar-refractivity contribution in [1.82, 2.24) is 0 Å². The van der Waals surface area contributed by atoms with E-state index in [1.807, 2.05) is 30.5 Å². The van der Waals surface area contributed by atoms with Crippen LogP contribution in [0.15, 0.2) is 45.1 Å². The number of esters is 1. The van der Waals surface area contributed by atoms with Crippen molar-refractivity contribution in [3.8, 4) is 0 Å². The average molecular weight is 386 g/mol. The van der Waals surface area contributed by atoms with Crippen LogP contribution in [0.2, 0.25) is 0 Å². The summed E-state index contributed by atoms with van der Waals surface area (Å²) < 4.78 is 5.82. The number of ether oxygens (including phenoxy) is 1. The first-order valence-electron chi connectivity index (χ1n) is 5.95. The van der Waals surface area contributed by atoms with Crippen molar-refractivity contribution in [1.29, 1.82) is 0 Å². The maximum Gasteiger partial charge on any atom is 0.348 e. The van der Waals surface area contributed by atoms with Crippen molar-refractivity contribution in [3.63, 3.8) is 0 Å². The molecule has 0 aliphatic carbocycles. The van der Waals surface area contributed by atoms with Crippen LogP contribution in [-0.2, 0) is 9.53 Å². The van der Waals surface area contributed by atoms with Crippen LogP contribution in [0.25, 0.3) is 0 Å². The van der Waals surface area contributed by atoms with Crippen LogP contribution in [-0.4, -0.2) is 24.7 Å². The summed E-state index contributed by atoms with van der Waals surface area (Å²) in [7, 11) is 0. The molecule has 2 rings (SSSR count). The van der Waals surface area contributed by atoms with E-state index in [0.29, 0.717) is 10.6 Å². The third kappa shape index (κ3) is 4.59. The number of nitrogens with one attached hydrogen (secondary N) is 1. The Kier molecular flexibility index (Phi) is 5.84. The summed E-state index contributed by atoms with van der Waals surface area (Å²) >= 11 is 6.07. The molecular weight excluding hydrogens is 374 g/mol. The zero-order valence-corrected chi connectivity index (χ0v) is 14.3. The van der Waals surface area contributed by atoms with Gasteiger partial charge < -0.3 is 10.1 Å². The summed E-state index contributed by atoms with van der Waals surface area (Å²) in [6.45, 7) is -0.308. The van der Waals surface area contributed by atoms with Gasteiger partial charge in [0.25, 0.3) is 5.91 Å². The molecule has 7 heteroatoms. The Morgan fingerprint density at radius 2 is 2.05 bits per heavy atom. The number of amides is 1. The molecule has 0 spiro atoms. The second-order valence-corrected chi connectivity index (χ2v) is 7.24. The minimum Gasteiger partial charge on any atom is -0.451 e. The first-order valence-corrected chi connectivity index (χ1v) is 8.79. The van der Waals surface area contributed by atoms with Gasteiger partial charge in [-0.2, -0.15) is 0 Å². The lowest BCUT2D eigenvalue weighted by Crippen LogP contribution is -2.20. The Balaban J connectivity index is 1.89. The molecule has 1 amide bonds. The molecule has 0 radical (unpaired) electrons. The molecule has 0 unspecified atom stereocenters. The Bertz CT molecular complexity index is 657. The Labute approximate surface area is 139 Å². The molecule has 1 N–H and O–H groups in total. The fraction of sp³-hybridized carbons (Fsp3) is 0.143. The van der Waals surface area contributed by atoms with Gasteiger partial charge in [-0.05, 0) is 46.5 Å². The van der Waals surface area contributed by atoms with Gasteiger partial charge in [-0.15, -0.1) is 23.1 Å². The Hall–Kier alpha value is -1.31. The van der Waals surface area contributed by atoms with E-state index < -0.39 is 5.97 Å². The zero-order chi connectivity index (χ0) is 15.2. The Morgan fingerprint density at radius 3 is 2.71 bits per heavy atom. The van der Waals surface area contributed by atoms with Crippen LogP contribution in [0.3, 0.4) is 0 Å². The van der Waals surface area contributed by atoms with Gasteiger partial charge in [0.1, 0.15) is 4.88 Å². The smallest absolute Gasteiger partial charge is 0.348 e. The van der Waals surface area contributed by atoms with Crippen LogP contribution >= 0.6 is 39.0 Å². The molecule has 0 saturated carbocycles. The predicted molar refractivity (Wildman–Crippen MR) is 89.2 cm³/mol. The number of carbonyl (C=O) groups is 2. The van der Waals surface area contributed by atoms with Crippen molar-refractivity contribution < 1.29 is 14.3 Å². The topological polar surface area (TPSA) is 55.4 Å². The molecule has 1 aromatic carbocycles. The highest BCUT2D eigenvalue weighted by molar-refractivity contribution is 9.11. The van der Waals surface area contributed by atoms with E-state index in [2.05, 4.69) is 21.2 Å². The summed E-state index contributed by atoms with van der Waals surface area (Å²) in [5.74, 6) is -0.862. The first-order chi connectivity index (χ1) is 10.1. The van der Waals surface area contributed by atoms with Gasteiger partial charge >= 0.3 is 5.97 Å². The van der Waals surface area contributed by atoms with Crippen LogP contribution in [0.1, 0.15) is 9.67 Å². The van der Waals surface area contributed by atoms with E-state index in [1.54, 1.807) is 12.1 Å². The van der Waals surface area contributed by atoms with Gasteiger partial charge in [0.15, 0.2) is 6.61 Å². The van der Waals surface area contributed by atoms with Crippen LogP contribution in [0.5, 0.6) is 0 Å².